The number of hydrogen-bond donors (Lipinski definition) is 2. The maximum atomic E-state index is 12.4. The SMILES string of the molecule is CCC(CC)(CN)C(=O)NC(C)Cc1ccc(C)s1. The second-order valence-corrected chi connectivity index (χ2v) is 6.66. The largest absolute Gasteiger partial charge is 0.353 e. The molecule has 1 unspecified atom stereocenters. The summed E-state index contributed by atoms with van der Waals surface area (Å²) in [5.74, 6) is 0.0979. The van der Waals surface area contributed by atoms with Crippen LogP contribution < -0.4 is 11.1 Å². The van der Waals surface area contributed by atoms with Crippen LogP contribution in [0.2, 0.25) is 0 Å². The van der Waals surface area contributed by atoms with Gasteiger partial charge in [-0.05, 0) is 38.8 Å². The molecule has 4 heteroatoms. The van der Waals surface area contributed by atoms with Crippen molar-refractivity contribution in [2.75, 3.05) is 6.54 Å². The van der Waals surface area contributed by atoms with E-state index >= 15 is 0 Å². The standard InChI is InChI=1S/C15H26N2OS/c1-5-15(6-2,10-16)14(18)17-11(3)9-13-8-7-12(4)19-13/h7-8,11H,5-6,9-10,16H2,1-4H3,(H,17,18). The molecule has 0 aliphatic carbocycles. The quantitative estimate of drug-likeness (QED) is 0.808. The monoisotopic (exact) mass is 282 g/mol. The average Bonchev–Trinajstić information content (AvgIpc) is 2.77. The molecule has 1 rings (SSSR count). The Morgan fingerprint density at radius 2 is 2.05 bits per heavy atom. The number of aryl methyl sites for hydroxylation is 1. The van der Waals surface area contributed by atoms with Crippen molar-refractivity contribution in [2.45, 2.75) is 53.0 Å². The number of nitrogens with two attached hydrogens (primary N) is 1. The lowest BCUT2D eigenvalue weighted by Crippen LogP contribution is -2.48. The highest BCUT2D eigenvalue weighted by Gasteiger charge is 2.33. The number of thiophene rings is 1. The molecule has 19 heavy (non-hydrogen) atoms. The fourth-order valence-corrected chi connectivity index (χ4v) is 3.30. The lowest BCUT2D eigenvalue weighted by Gasteiger charge is -2.30. The van der Waals surface area contributed by atoms with E-state index in [-0.39, 0.29) is 11.9 Å². The van der Waals surface area contributed by atoms with Gasteiger partial charge in [-0.2, -0.15) is 0 Å². The first-order chi connectivity index (χ1) is 8.97. The molecule has 1 aromatic rings. The van der Waals surface area contributed by atoms with Gasteiger partial charge in [0.2, 0.25) is 5.91 Å². The van der Waals surface area contributed by atoms with Gasteiger partial charge in [0.25, 0.3) is 0 Å². The van der Waals surface area contributed by atoms with Crippen molar-refractivity contribution < 1.29 is 4.79 Å². The zero-order valence-corrected chi connectivity index (χ0v) is 13.3. The van der Waals surface area contributed by atoms with E-state index in [0.717, 1.165) is 19.3 Å². The van der Waals surface area contributed by atoms with Crippen molar-refractivity contribution in [3.63, 3.8) is 0 Å². The topological polar surface area (TPSA) is 55.1 Å². The Balaban J connectivity index is 2.60. The Morgan fingerprint density at radius 1 is 1.42 bits per heavy atom. The van der Waals surface area contributed by atoms with Crippen LogP contribution in [0.5, 0.6) is 0 Å². The summed E-state index contributed by atoms with van der Waals surface area (Å²) in [6, 6.07) is 4.41. The Hall–Kier alpha value is -0.870. The first-order valence-electron chi connectivity index (χ1n) is 7.03. The molecule has 3 N–H and O–H groups in total. The van der Waals surface area contributed by atoms with Crippen LogP contribution >= 0.6 is 11.3 Å². The van der Waals surface area contributed by atoms with E-state index in [4.69, 9.17) is 5.73 Å². The van der Waals surface area contributed by atoms with Crippen molar-refractivity contribution in [3.05, 3.63) is 21.9 Å². The molecule has 0 radical (unpaired) electrons. The highest BCUT2D eigenvalue weighted by Crippen LogP contribution is 2.25. The van der Waals surface area contributed by atoms with E-state index in [1.54, 1.807) is 11.3 Å². The van der Waals surface area contributed by atoms with E-state index in [9.17, 15) is 4.79 Å². The number of rotatable bonds is 7. The van der Waals surface area contributed by atoms with E-state index in [1.165, 1.54) is 9.75 Å². The Kier molecular flexibility index (Phi) is 6.01. The predicted octanol–water partition coefficient (Wildman–Crippen LogP) is 2.87. The maximum absolute atomic E-state index is 12.4. The van der Waals surface area contributed by atoms with Crippen molar-refractivity contribution in [3.8, 4) is 0 Å². The minimum Gasteiger partial charge on any atom is -0.353 e. The zero-order valence-electron chi connectivity index (χ0n) is 12.5. The maximum Gasteiger partial charge on any atom is 0.227 e. The summed E-state index contributed by atoms with van der Waals surface area (Å²) >= 11 is 1.79. The molecule has 0 aromatic carbocycles. The fraction of sp³-hybridized carbons (Fsp3) is 0.667. The molecule has 108 valence electrons. The summed E-state index contributed by atoms with van der Waals surface area (Å²) in [4.78, 5) is 15.0. The van der Waals surface area contributed by atoms with Gasteiger partial charge in [-0.3, -0.25) is 4.79 Å². The van der Waals surface area contributed by atoms with Crippen LogP contribution in [0.25, 0.3) is 0 Å². The fourth-order valence-electron chi connectivity index (χ4n) is 2.28. The summed E-state index contributed by atoms with van der Waals surface area (Å²) in [6.45, 7) is 8.63. The lowest BCUT2D eigenvalue weighted by atomic mass is 9.81. The van der Waals surface area contributed by atoms with Gasteiger partial charge >= 0.3 is 0 Å². The third kappa shape index (κ3) is 4.05. The smallest absolute Gasteiger partial charge is 0.227 e. The van der Waals surface area contributed by atoms with Gasteiger partial charge in [-0.15, -0.1) is 11.3 Å². The molecule has 0 bridgehead atoms. The van der Waals surface area contributed by atoms with Gasteiger partial charge in [0, 0.05) is 28.8 Å². The molecule has 3 nitrogen and oxygen atoms in total. The minimum absolute atomic E-state index is 0.0979. The van der Waals surface area contributed by atoms with Gasteiger partial charge < -0.3 is 11.1 Å². The van der Waals surface area contributed by atoms with Crippen molar-refractivity contribution in [2.24, 2.45) is 11.1 Å². The molecular formula is C15H26N2OS. The average molecular weight is 282 g/mol. The number of nitrogens with one attached hydrogen (secondary N) is 1. The molecule has 1 aromatic heterocycles. The molecular weight excluding hydrogens is 256 g/mol. The molecule has 1 amide bonds. The number of amides is 1. The van der Waals surface area contributed by atoms with Crippen LogP contribution in [0.3, 0.4) is 0 Å². The Labute approximate surface area is 120 Å². The zero-order chi connectivity index (χ0) is 14.5. The van der Waals surface area contributed by atoms with E-state index < -0.39 is 5.41 Å². The number of carbonyl (C=O) groups is 1. The molecule has 0 fully saturated rings. The van der Waals surface area contributed by atoms with Gasteiger partial charge in [-0.1, -0.05) is 13.8 Å². The molecule has 0 saturated heterocycles. The minimum atomic E-state index is -0.403. The highest BCUT2D eigenvalue weighted by molar-refractivity contribution is 7.11. The lowest BCUT2D eigenvalue weighted by molar-refractivity contribution is -0.131. The summed E-state index contributed by atoms with van der Waals surface area (Å²) in [7, 11) is 0. The molecule has 1 heterocycles. The van der Waals surface area contributed by atoms with Crippen LogP contribution in [-0.4, -0.2) is 18.5 Å². The predicted molar refractivity (Wildman–Crippen MR) is 82.4 cm³/mol. The third-order valence-corrected chi connectivity index (χ3v) is 4.93. The summed E-state index contributed by atoms with van der Waals surface area (Å²) in [5.41, 5.74) is 5.40. The van der Waals surface area contributed by atoms with Gasteiger partial charge in [0.15, 0.2) is 0 Å². The van der Waals surface area contributed by atoms with Gasteiger partial charge in [0.05, 0.1) is 5.41 Å². The van der Waals surface area contributed by atoms with Gasteiger partial charge in [-0.25, -0.2) is 0 Å². The van der Waals surface area contributed by atoms with Crippen molar-refractivity contribution >= 4 is 17.2 Å². The van der Waals surface area contributed by atoms with Crippen LogP contribution in [0.4, 0.5) is 0 Å². The van der Waals surface area contributed by atoms with Crippen molar-refractivity contribution in [1.29, 1.82) is 0 Å². The van der Waals surface area contributed by atoms with Crippen LogP contribution in [0.15, 0.2) is 12.1 Å². The first-order valence-corrected chi connectivity index (χ1v) is 7.85. The highest BCUT2D eigenvalue weighted by atomic mass is 32.1. The van der Waals surface area contributed by atoms with E-state index in [1.807, 2.05) is 13.8 Å². The number of hydrogen-bond acceptors (Lipinski definition) is 3. The second-order valence-electron chi connectivity index (χ2n) is 5.28. The summed E-state index contributed by atoms with van der Waals surface area (Å²) < 4.78 is 0. The molecule has 0 spiro atoms. The second kappa shape index (κ2) is 7.06. The van der Waals surface area contributed by atoms with Crippen LogP contribution in [-0.2, 0) is 11.2 Å². The van der Waals surface area contributed by atoms with E-state index in [0.29, 0.717) is 6.54 Å². The first kappa shape index (κ1) is 16.2. The van der Waals surface area contributed by atoms with Crippen LogP contribution in [0.1, 0.15) is 43.4 Å². The summed E-state index contributed by atoms with van der Waals surface area (Å²) in [5, 5.41) is 3.12. The third-order valence-electron chi connectivity index (χ3n) is 3.91. The number of carbonyl (C=O) groups excluding carboxylic acids is 1. The molecule has 0 aliphatic rings. The van der Waals surface area contributed by atoms with Crippen LogP contribution in [0, 0.1) is 12.3 Å². The molecule has 0 saturated carbocycles. The summed E-state index contributed by atoms with van der Waals surface area (Å²) in [6.07, 6.45) is 2.46. The Bertz CT molecular complexity index is 402. The van der Waals surface area contributed by atoms with E-state index in [2.05, 4.69) is 31.3 Å². The van der Waals surface area contributed by atoms with Gasteiger partial charge in [0.1, 0.15) is 0 Å². The Morgan fingerprint density at radius 3 is 2.47 bits per heavy atom. The molecule has 0 aliphatic heterocycles. The molecule has 1 atom stereocenters. The van der Waals surface area contributed by atoms with Crippen molar-refractivity contribution in [1.82, 2.24) is 5.32 Å². The normalized spacial score (nSPS) is 13.3.